The van der Waals surface area contributed by atoms with Crippen molar-refractivity contribution in [1.82, 2.24) is 19.9 Å². The summed E-state index contributed by atoms with van der Waals surface area (Å²) in [6.45, 7) is 3.65. The normalized spacial score (nSPS) is 14.2. The summed E-state index contributed by atoms with van der Waals surface area (Å²) in [4.78, 5) is 26.8. The Morgan fingerprint density at radius 1 is 1.10 bits per heavy atom. The molecule has 1 N–H and O–H groups in total. The first-order chi connectivity index (χ1) is 14.7. The largest absolute Gasteiger partial charge is 0.491 e. The molecular weight excluding hydrogens is 380 g/mol. The van der Waals surface area contributed by atoms with Crippen molar-refractivity contribution in [2.45, 2.75) is 19.4 Å². The molecule has 0 bridgehead atoms. The van der Waals surface area contributed by atoms with E-state index >= 15 is 0 Å². The zero-order valence-electron chi connectivity index (χ0n) is 17.1. The number of aromatic nitrogens is 3. The van der Waals surface area contributed by atoms with Crippen molar-refractivity contribution in [2.75, 3.05) is 33.4 Å². The number of H-pyrrole nitrogens is 1. The summed E-state index contributed by atoms with van der Waals surface area (Å²) in [7, 11) is 1.66. The number of rotatable bonds is 7. The molecule has 4 rings (SSSR count). The van der Waals surface area contributed by atoms with Crippen LogP contribution in [0.4, 0.5) is 0 Å². The first-order valence-electron chi connectivity index (χ1n) is 10.2. The highest BCUT2D eigenvalue weighted by atomic mass is 16.5. The van der Waals surface area contributed by atoms with Crippen molar-refractivity contribution in [3.05, 3.63) is 76.0 Å². The van der Waals surface area contributed by atoms with Crippen LogP contribution < -0.4 is 10.3 Å². The fourth-order valence-corrected chi connectivity index (χ4v) is 3.64. The lowest BCUT2D eigenvalue weighted by Gasteiger charge is -2.19. The number of methoxy groups -OCH3 is 1. The summed E-state index contributed by atoms with van der Waals surface area (Å²) < 4.78 is 10.6. The fraction of sp³-hybridized carbons (Fsp3) is 0.348. The third-order valence-electron chi connectivity index (χ3n) is 5.26. The second-order valence-corrected chi connectivity index (χ2v) is 7.34. The van der Waals surface area contributed by atoms with Crippen LogP contribution in [0.25, 0.3) is 11.4 Å². The van der Waals surface area contributed by atoms with E-state index in [2.05, 4.69) is 27.0 Å². The molecule has 0 fully saturated rings. The van der Waals surface area contributed by atoms with Crippen LogP contribution in [0.3, 0.4) is 0 Å². The van der Waals surface area contributed by atoms with Gasteiger partial charge in [0.05, 0.1) is 12.3 Å². The van der Waals surface area contributed by atoms with Gasteiger partial charge in [-0.2, -0.15) is 0 Å². The van der Waals surface area contributed by atoms with Crippen LogP contribution in [-0.2, 0) is 24.1 Å². The second kappa shape index (κ2) is 9.65. The number of fused-ring (bicyclic) bond motifs is 1. The lowest BCUT2D eigenvalue weighted by Crippen LogP contribution is -2.26. The summed E-state index contributed by atoms with van der Waals surface area (Å²) >= 11 is 0. The van der Waals surface area contributed by atoms with Crippen LogP contribution >= 0.6 is 0 Å². The Bertz CT molecular complexity index is 1020. The SMILES string of the molecule is COCCOc1ccc(CN2CCc3nc(-c4cccnc4)[nH]c(=O)c3CC2)cc1. The molecule has 156 valence electrons. The van der Waals surface area contributed by atoms with Crippen LogP contribution in [0.2, 0.25) is 0 Å². The van der Waals surface area contributed by atoms with Gasteiger partial charge in [-0.05, 0) is 36.2 Å². The third kappa shape index (κ3) is 4.93. The number of nitrogens with one attached hydrogen (secondary N) is 1. The van der Waals surface area contributed by atoms with Gasteiger partial charge in [-0.1, -0.05) is 12.1 Å². The van der Waals surface area contributed by atoms with E-state index in [0.717, 1.165) is 48.6 Å². The van der Waals surface area contributed by atoms with Crippen LogP contribution in [0.5, 0.6) is 5.75 Å². The molecule has 3 heterocycles. The van der Waals surface area contributed by atoms with Gasteiger partial charge < -0.3 is 14.5 Å². The number of hydrogen-bond donors (Lipinski definition) is 1. The minimum absolute atomic E-state index is 0.0433. The zero-order valence-corrected chi connectivity index (χ0v) is 17.1. The highest BCUT2D eigenvalue weighted by Crippen LogP contribution is 2.18. The smallest absolute Gasteiger partial charge is 0.254 e. The molecule has 7 nitrogen and oxygen atoms in total. The Morgan fingerprint density at radius 2 is 1.93 bits per heavy atom. The van der Waals surface area contributed by atoms with Crippen LogP contribution in [0.1, 0.15) is 16.8 Å². The molecule has 1 aliphatic heterocycles. The molecule has 0 amide bonds. The summed E-state index contributed by atoms with van der Waals surface area (Å²) in [5.74, 6) is 1.43. The molecule has 0 unspecified atom stereocenters. The molecule has 0 radical (unpaired) electrons. The molecule has 0 aliphatic carbocycles. The van der Waals surface area contributed by atoms with Gasteiger partial charge in [0, 0.05) is 56.7 Å². The van der Waals surface area contributed by atoms with Crippen LogP contribution in [0.15, 0.2) is 53.6 Å². The van der Waals surface area contributed by atoms with Gasteiger partial charge in [-0.25, -0.2) is 4.98 Å². The maximum Gasteiger partial charge on any atom is 0.254 e. The lowest BCUT2D eigenvalue weighted by atomic mass is 10.1. The average Bonchev–Trinajstić information content (AvgIpc) is 2.98. The second-order valence-electron chi connectivity index (χ2n) is 7.34. The molecule has 30 heavy (non-hydrogen) atoms. The third-order valence-corrected chi connectivity index (χ3v) is 5.26. The maximum absolute atomic E-state index is 12.7. The standard InChI is InChI=1S/C23H26N4O3/c1-29-13-14-30-19-6-4-17(5-7-19)16-27-11-8-20-21(9-12-27)25-22(26-23(20)28)18-3-2-10-24-15-18/h2-7,10,15H,8-9,11-14,16H2,1H3,(H,25,26,28). The van der Waals surface area contributed by atoms with Crippen LogP contribution in [-0.4, -0.2) is 53.3 Å². The number of nitrogens with zero attached hydrogens (tertiary/aromatic N) is 3. The highest BCUT2D eigenvalue weighted by molar-refractivity contribution is 5.53. The predicted octanol–water partition coefficient (Wildman–Crippen LogP) is 2.46. The number of hydrogen-bond acceptors (Lipinski definition) is 6. The van der Waals surface area contributed by atoms with Gasteiger partial charge in [0.2, 0.25) is 0 Å². The number of benzene rings is 1. The molecular formula is C23H26N4O3. The molecule has 7 heteroatoms. The Kier molecular flexibility index (Phi) is 6.51. The Labute approximate surface area is 175 Å². The van der Waals surface area contributed by atoms with Gasteiger partial charge in [0.1, 0.15) is 18.2 Å². The van der Waals surface area contributed by atoms with E-state index in [1.165, 1.54) is 5.56 Å². The number of ether oxygens (including phenoxy) is 2. The highest BCUT2D eigenvalue weighted by Gasteiger charge is 2.19. The molecule has 0 spiro atoms. The quantitative estimate of drug-likeness (QED) is 0.607. The molecule has 1 aliphatic rings. The van der Waals surface area contributed by atoms with E-state index in [1.807, 2.05) is 24.3 Å². The molecule has 0 saturated heterocycles. The van der Waals surface area contributed by atoms with Gasteiger partial charge in [-0.15, -0.1) is 0 Å². The first-order valence-corrected chi connectivity index (χ1v) is 10.2. The zero-order chi connectivity index (χ0) is 20.8. The summed E-state index contributed by atoms with van der Waals surface area (Å²) in [6, 6.07) is 11.9. The van der Waals surface area contributed by atoms with Crippen molar-refractivity contribution < 1.29 is 9.47 Å². The van der Waals surface area contributed by atoms with Crippen molar-refractivity contribution in [1.29, 1.82) is 0 Å². The van der Waals surface area contributed by atoms with E-state index in [-0.39, 0.29) is 5.56 Å². The number of aromatic amines is 1. The maximum atomic E-state index is 12.7. The van der Waals surface area contributed by atoms with Crippen molar-refractivity contribution in [2.24, 2.45) is 0 Å². The molecule has 0 atom stereocenters. The monoisotopic (exact) mass is 406 g/mol. The molecule has 3 aromatic rings. The Hall–Kier alpha value is -3.03. The summed E-state index contributed by atoms with van der Waals surface area (Å²) in [5, 5.41) is 0. The summed E-state index contributed by atoms with van der Waals surface area (Å²) in [6.07, 6.45) is 4.88. The van der Waals surface area contributed by atoms with Gasteiger partial charge in [-0.3, -0.25) is 14.7 Å². The summed E-state index contributed by atoms with van der Waals surface area (Å²) in [5.41, 5.74) is 3.69. The van der Waals surface area contributed by atoms with Crippen molar-refractivity contribution >= 4 is 0 Å². The van der Waals surface area contributed by atoms with Crippen molar-refractivity contribution in [3.8, 4) is 17.1 Å². The number of pyridine rings is 1. The first kappa shape index (κ1) is 20.3. The van der Waals surface area contributed by atoms with E-state index in [1.54, 1.807) is 19.5 Å². The van der Waals surface area contributed by atoms with Crippen molar-refractivity contribution in [3.63, 3.8) is 0 Å². The molecule has 1 aromatic carbocycles. The van der Waals surface area contributed by atoms with E-state index in [4.69, 9.17) is 14.5 Å². The minimum atomic E-state index is -0.0433. The average molecular weight is 406 g/mol. The molecule has 2 aromatic heterocycles. The Balaban J connectivity index is 1.42. The van der Waals surface area contributed by atoms with E-state index in [0.29, 0.717) is 25.5 Å². The predicted molar refractivity (Wildman–Crippen MR) is 115 cm³/mol. The van der Waals surface area contributed by atoms with Gasteiger partial charge in [0.15, 0.2) is 0 Å². The van der Waals surface area contributed by atoms with E-state index < -0.39 is 0 Å². The van der Waals surface area contributed by atoms with Crippen LogP contribution in [0, 0.1) is 0 Å². The minimum Gasteiger partial charge on any atom is -0.491 e. The van der Waals surface area contributed by atoms with E-state index in [9.17, 15) is 4.79 Å². The fourth-order valence-electron chi connectivity index (χ4n) is 3.64. The molecule has 0 saturated carbocycles. The van der Waals surface area contributed by atoms with Gasteiger partial charge in [0.25, 0.3) is 5.56 Å². The Morgan fingerprint density at radius 3 is 2.70 bits per heavy atom. The topological polar surface area (TPSA) is 80.3 Å². The lowest BCUT2D eigenvalue weighted by molar-refractivity contribution is 0.146. The van der Waals surface area contributed by atoms with Gasteiger partial charge >= 0.3 is 0 Å².